The lowest BCUT2D eigenvalue weighted by atomic mass is 9.93. The Hall–Kier alpha value is -1.96. The Morgan fingerprint density at radius 3 is 2.26 bits per heavy atom. The summed E-state index contributed by atoms with van der Waals surface area (Å²) in [4.78, 5) is 19.1. The highest BCUT2D eigenvalue weighted by Gasteiger charge is 2.40. The second-order valence-corrected chi connectivity index (χ2v) is 14.0. The molecule has 2 atom stereocenters. The first-order valence-electron chi connectivity index (χ1n) is 13.5. The summed E-state index contributed by atoms with van der Waals surface area (Å²) in [5, 5.41) is 0.758. The van der Waals surface area contributed by atoms with E-state index in [1.54, 1.807) is 31.1 Å². The Bertz CT molecular complexity index is 1400. The van der Waals surface area contributed by atoms with Gasteiger partial charge in [-0.3, -0.25) is 14.6 Å². The van der Waals surface area contributed by atoms with Gasteiger partial charge in [0, 0.05) is 57.8 Å². The minimum Gasteiger partial charge on any atom is -0.339 e. The maximum absolute atomic E-state index is 14.3. The average molecular weight is 654 g/mol. The van der Waals surface area contributed by atoms with Crippen molar-refractivity contribution in [1.82, 2.24) is 19.0 Å². The summed E-state index contributed by atoms with van der Waals surface area (Å²) >= 11 is 12.4. The van der Waals surface area contributed by atoms with Crippen molar-refractivity contribution in [2.24, 2.45) is 0 Å². The molecule has 42 heavy (non-hydrogen) atoms. The van der Waals surface area contributed by atoms with Crippen LogP contribution in [0.1, 0.15) is 35.4 Å². The fourth-order valence-electron chi connectivity index (χ4n) is 5.80. The van der Waals surface area contributed by atoms with E-state index in [4.69, 9.17) is 23.2 Å². The fourth-order valence-corrected chi connectivity index (χ4v) is 6.86. The van der Waals surface area contributed by atoms with Gasteiger partial charge in [-0.05, 0) is 55.3 Å². The van der Waals surface area contributed by atoms with E-state index in [1.807, 2.05) is 15.9 Å². The summed E-state index contributed by atoms with van der Waals surface area (Å²) in [6.45, 7) is 2.27. The number of hydrogen-bond acceptors (Lipinski definition) is 5. The van der Waals surface area contributed by atoms with E-state index in [-0.39, 0.29) is 37.0 Å². The largest absolute Gasteiger partial charge is 0.419 e. The Labute approximate surface area is 254 Å². The lowest BCUT2D eigenvalue weighted by Crippen LogP contribution is -2.48. The number of rotatable bonds is 8. The second kappa shape index (κ2) is 13.0. The van der Waals surface area contributed by atoms with E-state index in [9.17, 15) is 30.8 Å². The third-order valence-corrected chi connectivity index (χ3v) is 10.4. The predicted molar refractivity (Wildman–Crippen MR) is 155 cm³/mol. The molecule has 2 saturated heterocycles. The summed E-state index contributed by atoms with van der Waals surface area (Å²) in [5.74, 6) is -1.59. The van der Waals surface area contributed by atoms with E-state index in [0.717, 1.165) is 17.7 Å². The molecule has 2 heterocycles. The van der Waals surface area contributed by atoms with Gasteiger partial charge in [0.15, 0.2) is 0 Å². The summed E-state index contributed by atoms with van der Waals surface area (Å²) in [6.07, 6.45) is -2.35. The first kappa shape index (κ1) is 32.9. The van der Waals surface area contributed by atoms with Crippen LogP contribution in [0.15, 0.2) is 36.4 Å². The monoisotopic (exact) mass is 652 g/mol. The maximum Gasteiger partial charge on any atom is 0.419 e. The highest BCUT2D eigenvalue weighted by Crippen LogP contribution is 2.36. The van der Waals surface area contributed by atoms with Crippen molar-refractivity contribution in [3.63, 3.8) is 0 Å². The normalized spacial score (nSPS) is 21.1. The number of hydrogen-bond donors (Lipinski definition) is 0. The Morgan fingerprint density at radius 2 is 1.69 bits per heavy atom. The number of piperidine rings is 1. The highest BCUT2D eigenvalue weighted by atomic mass is 35.5. The summed E-state index contributed by atoms with van der Waals surface area (Å²) in [6, 6.07) is 7.85. The van der Waals surface area contributed by atoms with Gasteiger partial charge in [0.1, 0.15) is 5.82 Å². The molecule has 0 N–H and O–H groups in total. The number of sulfonamides is 1. The number of likely N-dealkylation sites (N-methyl/N-ethyl adjacent to an activating group) is 1. The van der Waals surface area contributed by atoms with E-state index in [0.29, 0.717) is 54.6 Å². The zero-order valence-corrected chi connectivity index (χ0v) is 25.9. The first-order chi connectivity index (χ1) is 19.5. The van der Waals surface area contributed by atoms with Crippen LogP contribution >= 0.6 is 23.2 Å². The zero-order chi connectivity index (χ0) is 31.0. The molecule has 0 radical (unpaired) electrons. The number of alkyl halides is 3. The Balaban J connectivity index is 1.47. The number of carbonyl (C=O) groups excluding carboxylic acids is 1. The van der Waals surface area contributed by atoms with Crippen molar-refractivity contribution in [2.45, 2.75) is 43.6 Å². The average Bonchev–Trinajstić information content (AvgIpc) is 3.35. The van der Waals surface area contributed by atoms with Crippen molar-refractivity contribution < 1.29 is 30.8 Å². The van der Waals surface area contributed by atoms with Crippen molar-refractivity contribution in [1.29, 1.82) is 0 Å². The highest BCUT2D eigenvalue weighted by molar-refractivity contribution is 7.88. The van der Waals surface area contributed by atoms with Crippen LogP contribution in [0.4, 0.5) is 17.6 Å². The van der Waals surface area contributed by atoms with Gasteiger partial charge < -0.3 is 4.90 Å². The van der Waals surface area contributed by atoms with Crippen molar-refractivity contribution in [3.05, 3.63) is 69.0 Å². The lowest BCUT2D eigenvalue weighted by molar-refractivity contribution is -0.140. The number of nitrogens with zero attached hydrogens (tertiary/aromatic N) is 4. The zero-order valence-electron chi connectivity index (χ0n) is 23.5. The number of halogens is 6. The van der Waals surface area contributed by atoms with E-state index >= 15 is 0 Å². The summed E-state index contributed by atoms with van der Waals surface area (Å²) < 4.78 is 78.5. The van der Waals surface area contributed by atoms with Crippen LogP contribution in [0.2, 0.25) is 10.0 Å². The molecule has 14 heteroatoms. The van der Waals surface area contributed by atoms with Gasteiger partial charge in [0.25, 0.3) is 0 Å². The van der Waals surface area contributed by atoms with Gasteiger partial charge in [0.2, 0.25) is 15.9 Å². The number of amides is 1. The molecule has 2 fully saturated rings. The maximum atomic E-state index is 14.3. The SMILES string of the molecule is CN(Cc1ccc(C(F)(F)F)c(F)c1)C1CN(C(=O)CN2CCC(N(C)S(C)(=O)=O)CC2)CC1c1ccc(Cl)c(Cl)c1. The molecule has 0 saturated carbocycles. The van der Waals surface area contributed by atoms with Crippen molar-refractivity contribution in [2.75, 3.05) is 53.1 Å². The number of benzene rings is 2. The predicted octanol–water partition coefficient (Wildman–Crippen LogP) is 4.93. The molecule has 2 aromatic carbocycles. The third-order valence-electron chi connectivity index (χ3n) is 8.30. The molecule has 0 aromatic heterocycles. The van der Waals surface area contributed by atoms with Gasteiger partial charge in [-0.2, -0.15) is 13.2 Å². The Kier molecular flexibility index (Phi) is 10.2. The molecule has 7 nitrogen and oxygen atoms in total. The molecule has 0 bridgehead atoms. The molecular formula is C28H34Cl2F4N4O3S. The van der Waals surface area contributed by atoms with Crippen molar-refractivity contribution in [3.8, 4) is 0 Å². The van der Waals surface area contributed by atoms with Crippen LogP contribution in [0.5, 0.6) is 0 Å². The molecule has 4 rings (SSSR count). The van der Waals surface area contributed by atoms with Crippen molar-refractivity contribution >= 4 is 39.1 Å². The molecule has 0 spiro atoms. The van der Waals surface area contributed by atoms with Crippen LogP contribution < -0.4 is 0 Å². The van der Waals surface area contributed by atoms with Gasteiger partial charge in [-0.1, -0.05) is 35.3 Å². The minimum absolute atomic E-state index is 0.0774. The minimum atomic E-state index is -4.78. The van der Waals surface area contributed by atoms with Gasteiger partial charge >= 0.3 is 6.18 Å². The Morgan fingerprint density at radius 1 is 1.02 bits per heavy atom. The van der Waals surface area contributed by atoms with Gasteiger partial charge in [-0.25, -0.2) is 17.1 Å². The molecule has 2 unspecified atom stereocenters. The van der Waals surface area contributed by atoms with Crippen LogP contribution in [0.25, 0.3) is 0 Å². The van der Waals surface area contributed by atoms with Gasteiger partial charge in [0.05, 0.1) is 28.4 Å². The molecule has 2 aliphatic heterocycles. The van der Waals surface area contributed by atoms with Crippen LogP contribution in [0, 0.1) is 5.82 Å². The number of carbonyl (C=O) groups is 1. The quantitative estimate of drug-likeness (QED) is 0.379. The number of likely N-dealkylation sites (tertiary alicyclic amines) is 2. The third kappa shape index (κ3) is 7.75. The molecule has 0 aliphatic carbocycles. The fraction of sp³-hybridized carbons (Fsp3) is 0.536. The summed E-state index contributed by atoms with van der Waals surface area (Å²) in [7, 11) is 0.0707. The molecule has 232 valence electrons. The lowest BCUT2D eigenvalue weighted by Gasteiger charge is -2.35. The van der Waals surface area contributed by atoms with Gasteiger partial charge in [-0.15, -0.1) is 0 Å². The topological polar surface area (TPSA) is 64.2 Å². The summed E-state index contributed by atoms with van der Waals surface area (Å²) in [5.41, 5.74) is -0.0744. The van der Waals surface area contributed by atoms with Crippen LogP contribution in [-0.4, -0.2) is 98.5 Å². The molecule has 2 aromatic rings. The molecular weight excluding hydrogens is 619 g/mol. The molecule has 1 amide bonds. The smallest absolute Gasteiger partial charge is 0.339 e. The van der Waals surface area contributed by atoms with E-state index in [1.165, 1.54) is 16.6 Å². The van der Waals surface area contributed by atoms with E-state index < -0.39 is 27.6 Å². The van der Waals surface area contributed by atoms with Crippen LogP contribution in [0.3, 0.4) is 0 Å². The standard InChI is InChI=1S/C28H34Cl2F4N4O3S/c1-35(14-18-4-6-22(25(31)12-18)28(32,33)34)26-16-38(15-21(26)19-5-7-23(29)24(30)13-19)27(39)17-37-10-8-20(9-11-37)36(2)42(3,40)41/h4-7,12-13,20-21,26H,8-11,14-17H2,1-3H3. The van der Waals surface area contributed by atoms with E-state index in [2.05, 4.69) is 0 Å². The molecule has 2 aliphatic rings. The second-order valence-electron chi connectivity index (χ2n) is 11.2. The first-order valence-corrected chi connectivity index (χ1v) is 16.1. The van der Waals surface area contributed by atoms with Crippen LogP contribution in [-0.2, 0) is 27.5 Å².